The molecule has 1 aromatic heterocycles. The molecule has 110 valence electrons. The fourth-order valence-electron chi connectivity index (χ4n) is 2.54. The van der Waals surface area contributed by atoms with Crippen LogP contribution in [0.5, 0.6) is 0 Å². The molecule has 1 aromatic rings. The van der Waals surface area contributed by atoms with Crippen LogP contribution in [-0.4, -0.2) is 48.5 Å². The number of carbonyl (C=O) groups excluding carboxylic acids is 1. The van der Waals surface area contributed by atoms with Crippen LogP contribution in [0.25, 0.3) is 0 Å². The van der Waals surface area contributed by atoms with Gasteiger partial charge in [0.2, 0.25) is 5.91 Å². The summed E-state index contributed by atoms with van der Waals surface area (Å²) in [6, 6.07) is 5.90. The monoisotopic (exact) mass is 276 g/mol. The Bertz CT molecular complexity index is 410. The second kappa shape index (κ2) is 7.85. The maximum absolute atomic E-state index is 11.4. The van der Waals surface area contributed by atoms with Gasteiger partial charge in [0.05, 0.1) is 0 Å². The van der Waals surface area contributed by atoms with Crippen molar-refractivity contribution in [1.29, 1.82) is 0 Å². The Balaban J connectivity index is 1.64. The SMILES string of the molecule is CCNC(=O)CCN1CC[C@H](CNc2ccccn2)C1. The molecule has 0 aliphatic carbocycles. The fraction of sp³-hybridized carbons (Fsp3) is 0.600. The zero-order valence-corrected chi connectivity index (χ0v) is 12.1. The third kappa shape index (κ3) is 4.81. The van der Waals surface area contributed by atoms with Crippen molar-refractivity contribution in [2.45, 2.75) is 19.8 Å². The average molecular weight is 276 g/mol. The lowest BCUT2D eigenvalue weighted by Gasteiger charge is -2.16. The van der Waals surface area contributed by atoms with Crippen LogP contribution in [0.4, 0.5) is 5.82 Å². The normalized spacial score (nSPS) is 18.9. The molecule has 1 aliphatic heterocycles. The number of nitrogens with one attached hydrogen (secondary N) is 2. The summed E-state index contributed by atoms with van der Waals surface area (Å²) >= 11 is 0. The van der Waals surface area contributed by atoms with E-state index in [9.17, 15) is 4.79 Å². The number of nitrogens with zero attached hydrogens (tertiary/aromatic N) is 2. The van der Waals surface area contributed by atoms with Gasteiger partial charge in [-0.3, -0.25) is 4.79 Å². The van der Waals surface area contributed by atoms with Gasteiger partial charge >= 0.3 is 0 Å². The van der Waals surface area contributed by atoms with Crippen LogP contribution in [0.1, 0.15) is 19.8 Å². The highest BCUT2D eigenvalue weighted by Gasteiger charge is 2.22. The number of anilines is 1. The Labute approximate surface area is 120 Å². The maximum atomic E-state index is 11.4. The van der Waals surface area contributed by atoms with Gasteiger partial charge in [-0.05, 0) is 37.9 Å². The first-order chi connectivity index (χ1) is 9.78. The molecule has 0 radical (unpaired) electrons. The lowest BCUT2D eigenvalue weighted by molar-refractivity contribution is -0.121. The predicted octanol–water partition coefficient (Wildman–Crippen LogP) is 1.34. The molecule has 1 fully saturated rings. The zero-order chi connectivity index (χ0) is 14.2. The molecule has 5 nitrogen and oxygen atoms in total. The summed E-state index contributed by atoms with van der Waals surface area (Å²) in [6.45, 7) is 6.65. The third-order valence-corrected chi connectivity index (χ3v) is 3.64. The molecule has 0 saturated carbocycles. The number of hydrogen-bond acceptors (Lipinski definition) is 4. The molecule has 20 heavy (non-hydrogen) atoms. The highest BCUT2D eigenvalue weighted by molar-refractivity contribution is 5.75. The van der Waals surface area contributed by atoms with Gasteiger partial charge in [-0.2, -0.15) is 0 Å². The molecule has 0 unspecified atom stereocenters. The van der Waals surface area contributed by atoms with Crippen molar-refractivity contribution in [1.82, 2.24) is 15.2 Å². The van der Waals surface area contributed by atoms with Crippen molar-refractivity contribution in [3.63, 3.8) is 0 Å². The zero-order valence-electron chi connectivity index (χ0n) is 12.1. The minimum absolute atomic E-state index is 0.155. The minimum atomic E-state index is 0.155. The number of pyridine rings is 1. The van der Waals surface area contributed by atoms with Gasteiger partial charge in [0.1, 0.15) is 5.82 Å². The molecule has 0 aromatic carbocycles. The number of amides is 1. The molecule has 0 bridgehead atoms. The molecule has 5 heteroatoms. The molecular formula is C15H24N4O. The molecule has 2 N–H and O–H groups in total. The van der Waals surface area contributed by atoms with Crippen LogP contribution in [0.15, 0.2) is 24.4 Å². The summed E-state index contributed by atoms with van der Waals surface area (Å²) < 4.78 is 0. The van der Waals surface area contributed by atoms with Crippen molar-refractivity contribution in [3.05, 3.63) is 24.4 Å². The van der Waals surface area contributed by atoms with Crippen molar-refractivity contribution >= 4 is 11.7 Å². The van der Waals surface area contributed by atoms with E-state index in [1.165, 1.54) is 6.42 Å². The van der Waals surface area contributed by atoms with E-state index in [4.69, 9.17) is 0 Å². The number of aromatic nitrogens is 1. The molecule has 0 spiro atoms. The molecular weight excluding hydrogens is 252 g/mol. The van der Waals surface area contributed by atoms with Crippen LogP contribution in [0.2, 0.25) is 0 Å². The Morgan fingerprint density at radius 3 is 3.15 bits per heavy atom. The van der Waals surface area contributed by atoms with Gasteiger partial charge < -0.3 is 15.5 Å². The number of hydrogen-bond donors (Lipinski definition) is 2. The van der Waals surface area contributed by atoms with Crippen LogP contribution in [-0.2, 0) is 4.79 Å². The van der Waals surface area contributed by atoms with E-state index in [1.54, 1.807) is 6.20 Å². The lowest BCUT2D eigenvalue weighted by atomic mass is 10.1. The lowest BCUT2D eigenvalue weighted by Crippen LogP contribution is -2.30. The van der Waals surface area contributed by atoms with Gasteiger partial charge in [-0.1, -0.05) is 6.07 Å². The predicted molar refractivity (Wildman–Crippen MR) is 80.6 cm³/mol. The number of likely N-dealkylation sites (tertiary alicyclic amines) is 1. The van der Waals surface area contributed by atoms with Gasteiger partial charge in [0.15, 0.2) is 0 Å². The molecule has 1 aliphatic rings. The minimum Gasteiger partial charge on any atom is -0.370 e. The summed E-state index contributed by atoms with van der Waals surface area (Å²) in [5.41, 5.74) is 0. The summed E-state index contributed by atoms with van der Waals surface area (Å²) in [5, 5.41) is 6.22. The van der Waals surface area contributed by atoms with E-state index in [-0.39, 0.29) is 5.91 Å². The molecule has 1 saturated heterocycles. The first-order valence-electron chi connectivity index (χ1n) is 7.42. The van der Waals surface area contributed by atoms with Crippen molar-refractivity contribution in [3.8, 4) is 0 Å². The van der Waals surface area contributed by atoms with Gasteiger partial charge in [-0.25, -0.2) is 4.98 Å². The molecule has 1 atom stereocenters. The van der Waals surface area contributed by atoms with Crippen molar-refractivity contribution in [2.24, 2.45) is 5.92 Å². The van der Waals surface area contributed by atoms with E-state index in [0.29, 0.717) is 12.3 Å². The Morgan fingerprint density at radius 2 is 2.40 bits per heavy atom. The Morgan fingerprint density at radius 1 is 1.50 bits per heavy atom. The second-order valence-corrected chi connectivity index (χ2v) is 5.25. The largest absolute Gasteiger partial charge is 0.370 e. The van der Waals surface area contributed by atoms with Crippen LogP contribution in [0, 0.1) is 5.92 Å². The van der Waals surface area contributed by atoms with Crippen LogP contribution in [0.3, 0.4) is 0 Å². The van der Waals surface area contributed by atoms with E-state index in [1.807, 2.05) is 25.1 Å². The summed E-state index contributed by atoms with van der Waals surface area (Å²) in [4.78, 5) is 18.1. The molecule has 2 heterocycles. The van der Waals surface area contributed by atoms with E-state index in [2.05, 4.69) is 20.5 Å². The van der Waals surface area contributed by atoms with Gasteiger partial charge in [-0.15, -0.1) is 0 Å². The summed E-state index contributed by atoms with van der Waals surface area (Å²) in [6.07, 6.45) is 3.60. The first kappa shape index (κ1) is 14.8. The third-order valence-electron chi connectivity index (χ3n) is 3.64. The molecule has 2 rings (SSSR count). The highest BCUT2D eigenvalue weighted by atomic mass is 16.1. The fourth-order valence-corrected chi connectivity index (χ4v) is 2.54. The van der Waals surface area contributed by atoms with E-state index < -0.39 is 0 Å². The summed E-state index contributed by atoms with van der Waals surface area (Å²) in [5.74, 6) is 1.74. The highest BCUT2D eigenvalue weighted by Crippen LogP contribution is 2.16. The van der Waals surface area contributed by atoms with Gasteiger partial charge in [0, 0.05) is 38.8 Å². The second-order valence-electron chi connectivity index (χ2n) is 5.25. The summed E-state index contributed by atoms with van der Waals surface area (Å²) in [7, 11) is 0. The van der Waals surface area contributed by atoms with Crippen LogP contribution < -0.4 is 10.6 Å². The van der Waals surface area contributed by atoms with Gasteiger partial charge in [0.25, 0.3) is 0 Å². The average Bonchev–Trinajstić information content (AvgIpc) is 2.92. The quantitative estimate of drug-likeness (QED) is 0.789. The maximum Gasteiger partial charge on any atom is 0.221 e. The number of rotatable bonds is 7. The van der Waals surface area contributed by atoms with Crippen molar-refractivity contribution < 1.29 is 4.79 Å². The molecule has 1 amide bonds. The standard InChI is InChI=1S/C15H24N4O/c1-2-16-15(20)7-10-19-9-6-13(12-19)11-18-14-5-3-4-8-17-14/h3-5,8,13H,2,6-7,9-12H2,1H3,(H,16,20)(H,17,18)/t13-/m1/s1. The van der Waals surface area contributed by atoms with E-state index >= 15 is 0 Å². The smallest absolute Gasteiger partial charge is 0.221 e. The number of carbonyl (C=O) groups is 1. The Kier molecular flexibility index (Phi) is 5.80. The van der Waals surface area contributed by atoms with Crippen LogP contribution >= 0.6 is 0 Å². The Hall–Kier alpha value is -1.62. The van der Waals surface area contributed by atoms with Crippen molar-refractivity contribution in [2.75, 3.05) is 38.0 Å². The topological polar surface area (TPSA) is 57.3 Å². The first-order valence-corrected chi connectivity index (χ1v) is 7.42. The van der Waals surface area contributed by atoms with E-state index in [0.717, 1.165) is 38.5 Å².